The van der Waals surface area contributed by atoms with Crippen LogP contribution in [0.3, 0.4) is 0 Å². The summed E-state index contributed by atoms with van der Waals surface area (Å²) in [5.41, 5.74) is 1.23. The third-order valence-corrected chi connectivity index (χ3v) is 4.20. The van der Waals surface area contributed by atoms with Gasteiger partial charge in [0.25, 0.3) is 0 Å². The van der Waals surface area contributed by atoms with Crippen LogP contribution in [0.1, 0.15) is 5.56 Å². The monoisotopic (exact) mass is 244 g/mol. The lowest BCUT2D eigenvalue weighted by Gasteiger charge is -2.09. The van der Waals surface area contributed by atoms with Crippen molar-refractivity contribution in [3.8, 4) is 0 Å². The molecule has 1 aliphatic heterocycles. The van der Waals surface area contributed by atoms with Crippen LogP contribution < -0.4 is 5.69 Å². The molecule has 2 aromatic rings. The van der Waals surface area contributed by atoms with Crippen molar-refractivity contribution in [1.29, 1.82) is 0 Å². The molecule has 0 amide bonds. The number of benzene rings is 1. The Labute approximate surface area is 104 Å². The van der Waals surface area contributed by atoms with Gasteiger partial charge in [0.15, 0.2) is 0 Å². The molecule has 3 rings (SSSR count). The van der Waals surface area contributed by atoms with Crippen LogP contribution >= 0.6 is 11.8 Å². The van der Waals surface area contributed by atoms with Crippen molar-refractivity contribution in [3.63, 3.8) is 0 Å². The highest BCUT2D eigenvalue weighted by atomic mass is 32.2. The average molecular weight is 244 g/mol. The molecular weight excluding hydrogens is 232 g/mol. The molecule has 1 atom stereocenters. The molecule has 86 valence electrons. The van der Waals surface area contributed by atoms with Crippen LogP contribution in [-0.4, -0.2) is 14.8 Å². The molecule has 0 bridgehead atoms. The minimum absolute atomic E-state index is 0.163. The van der Waals surface area contributed by atoms with Crippen LogP contribution in [0.25, 0.3) is 0 Å². The quantitative estimate of drug-likeness (QED) is 0.810. The number of hydrogen-bond donors (Lipinski definition) is 0. The van der Waals surface area contributed by atoms with E-state index in [-0.39, 0.29) is 5.69 Å². The maximum atomic E-state index is 11.5. The van der Waals surface area contributed by atoms with E-state index < -0.39 is 0 Å². The van der Waals surface area contributed by atoms with Gasteiger partial charge in [0.2, 0.25) is 0 Å². The zero-order valence-corrected chi connectivity index (χ0v) is 10.1. The van der Waals surface area contributed by atoms with Crippen LogP contribution in [-0.2, 0) is 13.0 Å². The standard InChI is InChI=1S/C13H12N2OS/c16-13-14-6-3-7-15(13)9-11-8-10-4-1-2-5-12(10)17-11/h1-7,11H,8-9H2. The van der Waals surface area contributed by atoms with Gasteiger partial charge in [-0.3, -0.25) is 4.57 Å². The number of thioether (sulfide) groups is 1. The Bertz CT molecular complexity index is 569. The molecule has 2 heterocycles. The van der Waals surface area contributed by atoms with Crippen LogP contribution in [0, 0.1) is 0 Å². The van der Waals surface area contributed by atoms with Gasteiger partial charge in [-0.15, -0.1) is 11.8 Å². The first-order chi connectivity index (χ1) is 8.33. The van der Waals surface area contributed by atoms with E-state index in [4.69, 9.17) is 0 Å². The van der Waals surface area contributed by atoms with Crippen LogP contribution in [0.4, 0.5) is 0 Å². The molecule has 0 saturated carbocycles. The molecule has 0 saturated heterocycles. The normalized spacial score (nSPS) is 18.0. The van der Waals surface area contributed by atoms with Gasteiger partial charge < -0.3 is 0 Å². The van der Waals surface area contributed by atoms with Gasteiger partial charge in [0.1, 0.15) is 0 Å². The van der Waals surface area contributed by atoms with Crippen LogP contribution in [0.2, 0.25) is 0 Å². The van der Waals surface area contributed by atoms with Gasteiger partial charge in [-0.25, -0.2) is 9.78 Å². The maximum Gasteiger partial charge on any atom is 0.347 e. The molecule has 3 nitrogen and oxygen atoms in total. The maximum absolute atomic E-state index is 11.5. The third-order valence-electron chi connectivity index (χ3n) is 2.90. The van der Waals surface area contributed by atoms with E-state index in [0.29, 0.717) is 5.25 Å². The summed E-state index contributed by atoms with van der Waals surface area (Å²) in [6.07, 6.45) is 4.37. The van der Waals surface area contributed by atoms with Gasteiger partial charge in [0.05, 0.1) is 0 Å². The minimum atomic E-state index is -0.163. The molecule has 1 aromatic heterocycles. The second-order valence-electron chi connectivity index (χ2n) is 4.11. The lowest BCUT2D eigenvalue weighted by Crippen LogP contribution is -2.26. The predicted molar refractivity (Wildman–Crippen MR) is 68.3 cm³/mol. The number of nitrogens with zero attached hydrogens (tertiary/aromatic N) is 2. The van der Waals surface area contributed by atoms with E-state index in [0.717, 1.165) is 13.0 Å². The van der Waals surface area contributed by atoms with E-state index in [1.807, 2.05) is 11.8 Å². The summed E-state index contributed by atoms with van der Waals surface area (Å²) >= 11 is 1.85. The fourth-order valence-electron chi connectivity index (χ4n) is 2.10. The highest BCUT2D eigenvalue weighted by molar-refractivity contribution is 8.00. The largest absolute Gasteiger partial charge is 0.347 e. The van der Waals surface area contributed by atoms with Crippen molar-refractivity contribution < 1.29 is 0 Å². The SMILES string of the molecule is O=c1ncccn1CC1Cc2ccccc2S1. The Balaban J connectivity index is 1.78. The Morgan fingerprint density at radius 3 is 3.06 bits per heavy atom. The third kappa shape index (κ3) is 2.13. The second kappa shape index (κ2) is 4.37. The van der Waals surface area contributed by atoms with Gasteiger partial charge in [-0.05, 0) is 24.1 Å². The summed E-state index contributed by atoms with van der Waals surface area (Å²) in [6.45, 7) is 0.728. The fourth-order valence-corrected chi connectivity index (χ4v) is 3.42. The van der Waals surface area contributed by atoms with Crippen LogP contribution in [0.5, 0.6) is 0 Å². The molecule has 1 aliphatic rings. The van der Waals surface area contributed by atoms with E-state index >= 15 is 0 Å². The molecule has 1 aromatic carbocycles. The molecule has 0 N–H and O–H groups in total. The van der Waals surface area contributed by atoms with Crippen molar-refractivity contribution in [3.05, 3.63) is 58.8 Å². The molecule has 4 heteroatoms. The zero-order valence-electron chi connectivity index (χ0n) is 9.24. The second-order valence-corrected chi connectivity index (χ2v) is 5.45. The summed E-state index contributed by atoms with van der Waals surface area (Å²) in [4.78, 5) is 16.6. The molecule has 1 unspecified atom stereocenters. The number of rotatable bonds is 2. The van der Waals surface area contributed by atoms with E-state index in [1.54, 1.807) is 16.8 Å². The van der Waals surface area contributed by atoms with Gasteiger partial charge >= 0.3 is 5.69 Å². The fraction of sp³-hybridized carbons (Fsp3) is 0.231. The first-order valence-electron chi connectivity index (χ1n) is 5.59. The summed E-state index contributed by atoms with van der Waals surface area (Å²) in [6, 6.07) is 10.2. The first kappa shape index (κ1) is 10.6. The Morgan fingerprint density at radius 1 is 1.35 bits per heavy atom. The highest BCUT2D eigenvalue weighted by Crippen LogP contribution is 2.37. The van der Waals surface area contributed by atoms with Crippen molar-refractivity contribution in [1.82, 2.24) is 9.55 Å². The average Bonchev–Trinajstić information content (AvgIpc) is 2.74. The van der Waals surface area contributed by atoms with Gasteiger partial charge in [-0.2, -0.15) is 0 Å². The van der Waals surface area contributed by atoms with E-state index in [9.17, 15) is 4.79 Å². The predicted octanol–water partition coefficient (Wildman–Crippen LogP) is 1.96. The van der Waals surface area contributed by atoms with Crippen molar-refractivity contribution in [2.75, 3.05) is 0 Å². The highest BCUT2D eigenvalue weighted by Gasteiger charge is 2.22. The zero-order chi connectivity index (χ0) is 11.7. The Kier molecular flexibility index (Phi) is 2.73. The van der Waals surface area contributed by atoms with Crippen molar-refractivity contribution in [2.45, 2.75) is 23.1 Å². The summed E-state index contributed by atoms with van der Waals surface area (Å²) < 4.78 is 1.68. The summed E-state index contributed by atoms with van der Waals surface area (Å²) in [5.74, 6) is 0. The molecular formula is C13H12N2OS. The summed E-state index contributed by atoms with van der Waals surface area (Å²) in [5, 5.41) is 0.439. The lowest BCUT2D eigenvalue weighted by atomic mass is 10.1. The van der Waals surface area contributed by atoms with E-state index in [1.165, 1.54) is 16.7 Å². The molecule has 0 aliphatic carbocycles. The lowest BCUT2D eigenvalue weighted by molar-refractivity contribution is 0.625. The molecule has 0 fully saturated rings. The molecule has 17 heavy (non-hydrogen) atoms. The smallest absolute Gasteiger partial charge is 0.298 e. The van der Waals surface area contributed by atoms with Gasteiger partial charge in [0, 0.05) is 29.1 Å². The minimum Gasteiger partial charge on any atom is -0.298 e. The van der Waals surface area contributed by atoms with Gasteiger partial charge in [-0.1, -0.05) is 18.2 Å². The molecule has 0 spiro atoms. The summed E-state index contributed by atoms with van der Waals surface area (Å²) in [7, 11) is 0. The Morgan fingerprint density at radius 2 is 2.24 bits per heavy atom. The van der Waals surface area contributed by atoms with Crippen molar-refractivity contribution >= 4 is 11.8 Å². The topological polar surface area (TPSA) is 34.9 Å². The van der Waals surface area contributed by atoms with Crippen molar-refractivity contribution in [2.24, 2.45) is 0 Å². The Hall–Kier alpha value is -1.55. The number of fused-ring (bicyclic) bond motifs is 1. The molecule has 0 radical (unpaired) electrons. The number of aromatic nitrogens is 2. The van der Waals surface area contributed by atoms with E-state index in [2.05, 4.69) is 29.2 Å². The first-order valence-corrected chi connectivity index (χ1v) is 6.47. The van der Waals surface area contributed by atoms with Crippen LogP contribution in [0.15, 0.2) is 52.4 Å². The number of hydrogen-bond acceptors (Lipinski definition) is 3.